The Bertz CT molecular complexity index is 420. The molecule has 1 aliphatic rings. The first-order chi connectivity index (χ1) is 8.00. The summed E-state index contributed by atoms with van der Waals surface area (Å²) < 4.78 is 13.8. The van der Waals surface area contributed by atoms with Gasteiger partial charge < -0.3 is 10.6 Å². The van der Waals surface area contributed by atoms with E-state index in [4.69, 9.17) is 5.73 Å². The minimum Gasteiger partial charge on any atom is -0.397 e. The standard InChI is InChI=1S/C13H18BrFN2/c1-8(2)12-4-3-5-17(12)13-6-9(14)10(15)7-11(13)16/h6-8,12H,3-5,16H2,1-2H3. The van der Waals surface area contributed by atoms with Gasteiger partial charge in [-0.05, 0) is 40.8 Å². The molecule has 0 amide bonds. The molecule has 1 saturated heterocycles. The van der Waals surface area contributed by atoms with E-state index in [0.717, 1.165) is 12.2 Å². The lowest BCUT2D eigenvalue weighted by Crippen LogP contribution is -2.33. The third-order valence-corrected chi connectivity index (χ3v) is 4.06. The third kappa shape index (κ3) is 2.41. The molecule has 94 valence electrons. The van der Waals surface area contributed by atoms with E-state index in [1.165, 1.54) is 18.9 Å². The maximum absolute atomic E-state index is 13.4. The summed E-state index contributed by atoms with van der Waals surface area (Å²) >= 11 is 3.23. The average Bonchev–Trinajstić information content (AvgIpc) is 2.72. The van der Waals surface area contributed by atoms with Crippen LogP contribution in [-0.2, 0) is 0 Å². The van der Waals surface area contributed by atoms with Crippen LogP contribution >= 0.6 is 15.9 Å². The summed E-state index contributed by atoms with van der Waals surface area (Å²) in [6.07, 6.45) is 2.36. The van der Waals surface area contributed by atoms with Crippen LogP contribution in [0.3, 0.4) is 0 Å². The number of halogens is 2. The van der Waals surface area contributed by atoms with Gasteiger partial charge in [0.2, 0.25) is 0 Å². The summed E-state index contributed by atoms with van der Waals surface area (Å²) in [6.45, 7) is 5.45. The summed E-state index contributed by atoms with van der Waals surface area (Å²) in [4.78, 5) is 2.31. The van der Waals surface area contributed by atoms with Crippen LogP contribution in [0.4, 0.5) is 15.8 Å². The molecule has 1 aromatic rings. The summed E-state index contributed by atoms with van der Waals surface area (Å²) in [5.74, 6) is 0.285. The second-order valence-electron chi connectivity index (χ2n) is 4.97. The van der Waals surface area contributed by atoms with Crippen LogP contribution < -0.4 is 10.6 Å². The maximum atomic E-state index is 13.4. The zero-order chi connectivity index (χ0) is 12.6. The van der Waals surface area contributed by atoms with Gasteiger partial charge in [-0.15, -0.1) is 0 Å². The molecule has 0 saturated carbocycles. The van der Waals surface area contributed by atoms with Crippen LogP contribution in [0.1, 0.15) is 26.7 Å². The first-order valence-electron chi connectivity index (χ1n) is 6.02. The SMILES string of the molecule is CC(C)C1CCCN1c1cc(Br)c(F)cc1N. The molecule has 4 heteroatoms. The molecule has 0 aliphatic carbocycles. The summed E-state index contributed by atoms with van der Waals surface area (Å²) in [7, 11) is 0. The molecule has 0 radical (unpaired) electrons. The molecule has 1 aromatic carbocycles. The van der Waals surface area contributed by atoms with Crippen molar-refractivity contribution in [3.8, 4) is 0 Å². The zero-order valence-electron chi connectivity index (χ0n) is 10.2. The zero-order valence-corrected chi connectivity index (χ0v) is 11.8. The molecule has 1 heterocycles. The summed E-state index contributed by atoms with van der Waals surface area (Å²) in [5, 5.41) is 0. The fraction of sp³-hybridized carbons (Fsp3) is 0.538. The molecule has 1 atom stereocenters. The van der Waals surface area contributed by atoms with E-state index in [1.54, 1.807) is 6.07 Å². The fourth-order valence-electron chi connectivity index (χ4n) is 2.59. The van der Waals surface area contributed by atoms with Crippen LogP contribution in [-0.4, -0.2) is 12.6 Å². The quantitative estimate of drug-likeness (QED) is 0.842. The molecule has 2 rings (SSSR count). The monoisotopic (exact) mass is 300 g/mol. The Morgan fingerprint density at radius 1 is 1.47 bits per heavy atom. The van der Waals surface area contributed by atoms with Gasteiger partial charge in [0, 0.05) is 18.7 Å². The van der Waals surface area contributed by atoms with Gasteiger partial charge in [-0.25, -0.2) is 4.39 Å². The lowest BCUT2D eigenvalue weighted by Gasteiger charge is -2.30. The number of hydrogen-bond donors (Lipinski definition) is 1. The van der Waals surface area contributed by atoms with Gasteiger partial charge in [-0.2, -0.15) is 0 Å². The first-order valence-corrected chi connectivity index (χ1v) is 6.81. The highest BCUT2D eigenvalue weighted by Gasteiger charge is 2.28. The summed E-state index contributed by atoms with van der Waals surface area (Å²) in [6, 6.07) is 3.70. The molecule has 2 nitrogen and oxygen atoms in total. The van der Waals surface area contributed by atoms with E-state index >= 15 is 0 Å². The summed E-state index contributed by atoms with van der Waals surface area (Å²) in [5.41, 5.74) is 7.41. The Hall–Kier alpha value is -0.770. The second kappa shape index (κ2) is 4.84. The van der Waals surface area contributed by atoms with Crippen LogP contribution in [0.15, 0.2) is 16.6 Å². The Morgan fingerprint density at radius 2 is 2.18 bits per heavy atom. The minimum atomic E-state index is -0.299. The first kappa shape index (κ1) is 12.7. The maximum Gasteiger partial charge on any atom is 0.139 e. The van der Waals surface area contributed by atoms with E-state index in [2.05, 4.69) is 34.7 Å². The lowest BCUT2D eigenvalue weighted by molar-refractivity contribution is 0.492. The van der Waals surface area contributed by atoms with E-state index in [0.29, 0.717) is 22.1 Å². The van der Waals surface area contributed by atoms with Crippen molar-refractivity contribution in [1.82, 2.24) is 0 Å². The number of anilines is 2. The number of rotatable bonds is 2. The molecule has 0 spiro atoms. The van der Waals surface area contributed by atoms with Gasteiger partial charge in [0.1, 0.15) is 5.82 Å². The molecule has 1 fully saturated rings. The number of nitrogen functional groups attached to an aromatic ring is 1. The second-order valence-corrected chi connectivity index (χ2v) is 5.83. The van der Waals surface area contributed by atoms with E-state index in [1.807, 2.05) is 0 Å². The molecule has 1 aliphatic heterocycles. The Kier molecular flexibility index (Phi) is 3.61. The topological polar surface area (TPSA) is 29.3 Å². The van der Waals surface area contributed by atoms with Crippen molar-refractivity contribution in [3.05, 3.63) is 22.4 Å². The smallest absolute Gasteiger partial charge is 0.139 e. The highest BCUT2D eigenvalue weighted by atomic mass is 79.9. The Balaban J connectivity index is 2.36. The Labute approximate surface area is 110 Å². The van der Waals surface area contributed by atoms with Crippen LogP contribution in [0.5, 0.6) is 0 Å². The molecule has 0 aromatic heterocycles. The van der Waals surface area contributed by atoms with Crippen molar-refractivity contribution >= 4 is 27.3 Å². The predicted molar refractivity (Wildman–Crippen MR) is 73.7 cm³/mol. The highest BCUT2D eigenvalue weighted by molar-refractivity contribution is 9.10. The molecule has 1 unspecified atom stereocenters. The average molecular weight is 301 g/mol. The number of nitrogens with two attached hydrogens (primary N) is 1. The molecular formula is C13H18BrFN2. The van der Waals surface area contributed by atoms with Crippen LogP contribution in [0, 0.1) is 11.7 Å². The van der Waals surface area contributed by atoms with Crippen molar-refractivity contribution in [2.75, 3.05) is 17.2 Å². The van der Waals surface area contributed by atoms with E-state index < -0.39 is 0 Å². The van der Waals surface area contributed by atoms with Crippen molar-refractivity contribution in [1.29, 1.82) is 0 Å². The van der Waals surface area contributed by atoms with Gasteiger partial charge in [0.15, 0.2) is 0 Å². The van der Waals surface area contributed by atoms with Crippen LogP contribution in [0.25, 0.3) is 0 Å². The van der Waals surface area contributed by atoms with E-state index in [-0.39, 0.29) is 5.82 Å². The normalized spacial score (nSPS) is 20.3. The highest BCUT2D eigenvalue weighted by Crippen LogP contribution is 2.36. The molecule has 17 heavy (non-hydrogen) atoms. The van der Waals surface area contributed by atoms with Crippen molar-refractivity contribution < 1.29 is 4.39 Å². The van der Waals surface area contributed by atoms with Gasteiger partial charge in [0.25, 0.3) is 0 Å². The minimum absolute atomic E-state index is 0.299. The van der Waals surface area contributed by atoms with Crippen LogP contribution in [0.2, 0.25) is 0 Å². The fourth-order valence-corrected chi connectivity index (χ4v) is 2.92. The van der Waals surface area contributed by atoms with Crippen molar-refractivity contribution in [3.63, 3.8) is 0 Å². The number of hydrogen-bond acceptors (Lipinski definition) is 2. The van der Waals surface area contributed by atoms with Gasteiger partial charge in [0.05, 0.1) is 15.8 Å². The number of nitrogens with zero attached hydrogens (tertiary/aromatic N) is 1. The van der Waals surface area contributed by atoms with Gasteiger partial charge >= 0.3 is 0 Å². The third-order valence-electron chi connectivity index (χ3n) is 3.45. The van der Waals surface area contributed by atoms with Gasteiger partial charge in [-0.3, -0.25) is 0 Å². The van der Waals surface area contributed by atoms with E-state index in [9.17, 15) is 4.39 Å². The van der Waals surface area contributed by atoms with Gasteiger partial charge in [-0.1, -0.05) is 13.8 Å². The van der Waals surface area contributed by atoms with Crippen molar-refractivity contribution in [2.24, 2.45) is 5.92 Å². The Morgan fingerprint density at radius 3 is 2.82 bits per heavy atom. The molecule has 2 N–H and O–H groups in total. The molecular weight excluding hydrogens is 283 g/mol. The number of benzene rings is 1. The predicted octanol–water partition coefficient (Wildman–Crippen LogP) is 3.80. The lowest BCUT2D eigenvalue weighted by atomic mass is 10.0. The van der Waals surface area contributed by atoms with Crippen molar-refractivity contribution in [2.45, 2.75) is 32.7 Å². The largest absolute Gasteiger partial charge is 0.397 e. The molecule has 0 bridgehead atoms.